The number of hydrogen-bond donors (Lipinski definition) is 1. The highest BCUT2D eigenvalue weighted by Crippen LogP contribution is 2.39. The van der Waals surface area contributed by atoms with Gasteiger partial charge in [-0.25, -0.2) is 4.39 Å². The molecule has 0 radical (unpaired) electrons. The van der Waals surface area contributed by atoms with Crippen LogP contribution in [0.3, 0.4) is 0 Å². The number of amides is 2. The van der Waals surface area contributed by atoms with Gasteiger partial charge in [0.25, 0.3) is 0 Å². The average molecular weight is 409 g/mol. The summed E-state index contributed by atoms with van der Waals surface area (Å²) in [6.07, 6.45) is 3.28. The largest absolute Gasteiger partial charge is 0.352 e. The number of aryl methyl sites for hydroxylation is 2. The molecule has 2 atom stereocenters. The molecule has 2 aliphatic rings. The second-order valence-corrected chi connectivity index (χ2v) is 8.77. The van der Waals surface area contributed by atoms with Crippen LogP contribution >= 0.6 is 0 Å². The van der Waals surface area contributed by atoms with Gasteiger partial charge in [0, 0.05) is 19.0 Å². The lowest BCUT2D eigenvalue weighted by Crippen LogP contribution is -2.47. The Labute approximate surface area is 177 Å². The molecule has 1 N–H and O–H groups in total. The summed E-state index contributed by atoms with van der Waals surface area (Å²) in [5.41, 5.74) is 3.79. The van der Waals surface area contributed by atoms with E-state index in [1.54, 1.807) is 13.0 Å². The molecule has 1 heterocycles. The van der Waals surface area contributed by atoms with Crippen LogP contribution in [0.25, 0.3) is 0 Å². The molecule has 2 fully saturated rings. The van der Waals surface area contributed by atoms with Gasteiger partial charge in [0.05, 0.1) is 12.0 Å². The van der Waals surface area contributed by atoms with Crippen LogP contribution in [0.2, 0.25) is 0 Å². The van der Waals surface area contributed by atoms with Crippen LogP contribution in [-0.2, 0) is 16.1 Å². The topological polar surface area (TPSA) is 49.4 Å². The number of likely N-dealkylation sites (tertiary alicyclic amines) is 1. The molecular formula is C25H29FN2O2. The summed E-state index contributed by atoms with van der Waals surface area (Å²) in [6.45, 7) is 4.70. The molecule has 0 bridgehead atoms. The Morgan fingerprint density at radius 2 is 1.80 bits per heavy atom. The van der Waals surface area contributed by atoms with Crippen LogP contribution < -0.4 is 5.32 Å². The average Bonchev–Trinajstić information content (AvgIpc) is 3.58. The Morgan fingerprint density at radius 1 is 1.03 bits per heavy atom. The number of hydrogen-bond acceptors (Lipinski definition) is 2. The number of piperidine rings is 1. The van der Waals surface area contributed by atoms with Gasteiger partial charge in [-0.15, -0.1) is 0 Å². The third-order valence-electron chi connectivity index (χ3n) is 6.28. The molecule has 1 saturated heterocycles. The molecule has 5 heteroatoms. The lowest BCUT2D eigenvalue weighted by atomic mass is 9.87. The first-order chi connectivity index (χ1) is 14.4. The van der Waals surface area contributed by atoms with E-state index < -0.39 is 0 Å². The van der Waals surface area contributed by atoms with Gasteiger partial charge >= 0.3 is 0 Å². The van der Waals surface area contributed by atoms with E-state index in [0.29, 0.717) is 25.1 Å². The van der Waals surface area contributed by atoms with E-state index in [4.69, 9.17) is 0 Å². The van der Waals surface area contributed by atoms with E-state index in [1.807, 2.05) is 36.1 Å². The summed E-state index contributed by atoms with van der Waals surface area (Å²) in [5.74, 6) is -0.224. The minimum Gasteiger partial charge on any atom is -0.352 e. The maximum Gasteiger partial charge on any atom is 0.226 e. The van der Waals surface area contributed by atoms with Crippen LogP contribution in [0.1, 0.15) is 54.0 Å². The summed E-state index contributed by atoms with van der Waals surface area (Å²) >= 11 is 0. The van der Waals surface area contributed by atoms with Gasteiger partial charge in [-0.1, -0.05) is 42.0 Å². The quantitative estimate of drug-likeness (QED) is 0.795. The summed E-state index contributed by atoms with van der Waals surface area (Å²) < 4.78 is 13.7. The van der Waals surface area contributed by atoms with E-state index in [2.05, 4.69) is 11.4 Å². The highest BCUT2D eigenvalue weighted by Gasteiger charge is 2.41. The summed E-state index contributed by atoms with van der Waals surface area (Å²) in [5, 5.41) is 3.04. The Morgan fingerprint density at radius 3 is 2.50 bits per heavy atom. The van der Waals surface area contributed by atoms with Crippen molar-refractivity contribution in [1.29, 1.82) is 0 Å². The number of halogens is 1. The van der Waals surface area contributed by atoms with Gasteiger partial charge < -0.3 is 10.2 Å². The zero-order valence-corrected chi connectivity index (χ0v) is 17.7. The lowest BCUT2D eigenvalue weighted by molar-refractivity contribution is -0.140. The third kappa shape index (κ3) is 4.55. The van der Waals surface area contributed by atoms with Crippen LogP contribution in [0.4, 0.5) is 4.39 Å². The highest BCUT2D eigenvalue weighted by molar-refractivity contribution is 5.84. The summed E-state index contributed by atoms with van der Waals surface area (Å²) in [4.78, 5) is 27.7. The maximum atomic E-state index is 13.7. The zero-order chi connectivity index (χ0) is 21.3. The lowest BCUT2D eigenvalue weighted by Gasteiger charge is -2.40. The minimum atomic E-state index is -0.233. The van der Waals surface area contributed by atoms with E-state index in [1.165, 1.54) is 6.07 Å². The Bertz CT molecular complexity index is 954. The van der Waals surface area contributed by atoms with E-state index in [-0.39, 0.29) is 35.5 Å². The molecule has 1 aliphatic heterocycles. The van der Waals surface area contributed by atoms with Gasteiger partial charge in [0.2, 0.25) is 11.8 Å². The molecule has 30 heavy (non-hydrogen) atoms. The normalized spacial score (nSPS) is 21.4. The number of nitrogens with zero attached hydrogens (tertiary/aromatic N) is 1. The molecule has 4 rings (SSSR count). The van der Waals surface area contributed by atoms with Crippen molar-refractivity contribution in [1.82, 2.24) is 10.2 Å². The van der Waals surface area contributed by atoms with E-state index in [0.717, 1.165) is 36.0 Å². The standard InChI is InChI=1S/C25H29FN2O2/c1-16-4-3-5-18(12-16)14-27-24(29)21-9-11-23(20-8-10-22(26)17(2)13-20)28(15-21)25(30)19-6-7-19/h3-5,8,10,12-13,19,21,23H,6-7,9,11,14-15H2,1-2H3,(H,27,29)/t21-,23+/m1/s1. The number of nitrogens with one attached hydrogen (secondary N) is 1. The molecule has 0 aromatic heterocycles. The van der Waals surface area contributed by atoms with Crippen LogP contribution in [0.15, 0.2) is 42.5 Å². The van der Waals surface area contributed by atoms with Crippen LogP contribution in [-0.4, -0.2) is 23.3 Å². The second-order valence-electron chi connectivity index (χ2n) is 8.77. The molecule has 0 unspecified atom stereocenters. The van der Waals surface area contributed by atoms with E-state index >= 15 is 0 Å². The molecule has 1 aliphatic carbocycles. The number of carbonyl (C=O) groups is 2. The van der Waals surface area contributed by atoms with E-state index in [9.17, 15) is 14.0 Å². The van der Waals surface area contributed by atoms with Crippen molar-refractivity contribution in [3.8, 4) is 0 Å². The Balaban J connectivity index is 1.46. The predicted molar refractivity (Wildman–Crippen MR) is 114 cm³/mol. The zero-order valence-electron chi connectivity index (χ0n) is 17.7. The molecule has 1 saturated carbocycles. The molecule has 2 aromatic carbocycles. The molecule has 2 amide bonds. The third-order valence-corrected chi connectivity index (χ3v) is 6.28. The van der Waals surface area contributed by atoms with Gasteiger partial charge in [-0.3, -0.25) is 9.59 Å². The molecule has 0 spiro atoms. The first-order valence-electron chi connectivity index (χ1n) is 10.8. The summed E-state index contributed by atoms with van der Waals surface area (Å²) in [6, 6.07) is 13.1. The number of rotatable bonds is 5. The Kier molecular flexibility index (Phi) is 5.89. The number of benzene rings is 2. The fourth-order valence-electron chi connectivity index (χ4n) is 4.37. The van der Waals surface area contributed by atoms with Crippen molar-refractivity contribution >= 4 is 11.8 Å². The van der Waals surface area contributed by atoms with Crippen molar-refractivity contribution in [3.63, 3.8) is 0 Å². The first-order valence-corrected chi connectivity index (χ1v) is 10.8. The minimum absolute atomic E-state index is 0.00107. The second kappa shape index (κ2) is 8.58. The predicted octanol–water partition coefficient (Wildman–Crippen LogP) is 4.45. The molecule has 4 nitrogen and oxygen atoms in total. The van der Waals surface area contributed by atoms with Gasteiger partial charge in [-0.05, 0) is 62.3 Å². The first kappa shape index (κ1) is 20.6. The Hall–Kier alpha value is -2.69. The van der Waals surface area contributed by atoms with Crippen molar-refractivity contribution < 1.29 is 14.0 Å². The van der Waals surface area contributed by atoms with Crippen LogP contribution in [0.5, 0.6) is 0 Å². The van der Waals surface area contributed by atoms with Crippen molar-refractivity contribution in [3.05, 3.63) is 70.5 Å². The molecule has 2 aromatic rings. The molecular weight excluding hydrogens is 379 g/mol. The summed E-state index contributed by atoms with van der Waals surface area (Å²) in [7, 11) is 0. The van der Waals surface area contributed by atoms with Crippen molar-refractivity contribution in [2.24, 2.45) is 11.8 Å². The highest BCUT2D eigenvalue weighted by atomic mass is 19.1. The van der Waals surface area contributed by atoms with Gasteiger partial charge in [0.15, 0.2) is 0 Å². The van der Waals surface area contributed by atoms with Crippen molar-refractivity contribution in [2.45, 2.75) is 52.1 Å². The SMILES string of the molecule is Cc1cccc(CNC(=O)[C@@H]2CC[C@@H](c3ccc(F)c(C)c3)N(C(=O)C3CC3)C2)c1. The fraction of sp³-hybridized carbons (Fsp3) is 0.440. The molecule has 158 valence electrons. The van der Waals surface area contributed by atoms with Crippen molar-refractivity contribution in [2.75, 3.05) is 6.54 Å². The fourth-order valence-corrected chi connectivity index (χ4v) is 4.37. The number of carbonyl (C=O) groups excluding carboxylic acids is 2. The maximum absolute atomic E-state index is 13.7. The smallest absolute Gasteiger partial charge is 0.226 e. The van der Waals surface area contributed by atoms with Gasteiger partial charge in [0.1, 0.15) is 5.82 Å². The van der Waals surface area contributed by atoms with Crippen LogP contribution in [0, 0.1) is 31.5 Å². The van der Waals surface area contributed by atoms with Gasteiger partial charge in [-0.2, -0.15) is 0 Å². The monoisotopic (exact) mass is 408 g/mol.